The van der Waals surface area contributed by atoms with E-state index in [2.05, 4.69) is 0 Å². The van der Waals surface area contributed by atoms with Crippen molar-refractivity contribution in [2.45, 2.75) is 13.1 Å². The first-order chi connectivity index (χ1) is 8.66. The van der Waals surface area contributed by atoms with Gasteiger partial charge in [-0.25, -0.2) is 4.79 Å². The number of aromatic carboxylic acids is 1. The summed E-state index contributed by atoms with van der Waals surface area (Å²) in [7, 11) is 1.93. The molecule has 4 heteroatoms. The first-order valence-corrected chi connectivity index (χ1v) is 5.69. The molecule has 0 saturated carbocycles. The molecule has 0 aliphatic rings. The van der Waals surface area contributed by atoms with Gasteiger partial charge in [0.15, 0.2) is 0 Å². The van der Waals surface area contributed by atoms with E-state index in [0.29, 0.717) is 12.3 Å². The summed E-state index contributed by atoms with van der Waals surface area (Å²) < 4.78 is 5.21. The number of furan rings is 1. The number of carbonyl (C=O) groups is 1. The second kappa shape index (κ2) is 5.51. The predicted octanol–water partition coefficient (Wildman–Crippen LogP) is 2.61. The zero-order chi connectivity index (χ0) is 13.0. The van der Waals surface area contributed by atoms with E-state index in [4.69, 9.17) is 9.52 Å². The lowest BCUT2D eigenvalue weighted by molar-refractivity contribution is 0.0693. The zero-order valence-electron chi connectivity index (χ0n) is 10.2. The third-order valence-electron chi connectivity index (χ3n) is 2.68. The Hall–Kier alpha value is -2.07. The zero-order valence-corrected chi connectivity index (χ0v) is 10.2. The highest BCUT2D eigenvalue weighted by atomic mass is 16.4. The van der Waals surface area contributed by atoms with Crippen molar-refractivity contribution in [3.8, 4) is 0 Å². The number of hydrogen-bond donors (Lipinski definition) is 1. The minimum Gasteiger partial charge on any atom is -0.478 e. The van der Waals surface area contributed by atoms with E-state index in [-0.39, 0.29) is 5.56 Å². The molecule has 0 unspecified atom stereocenters. The van der Waals surface area contributed by atoms with E-state index in [1.807, 2.05) is 42.3 Å². The summed E-state index contributed by atoms with van der Waals surface area (Å²) in [5.74, 6) is -0.465. The van der Waals surface area contributed by atoms with Gasteiger partial charge in [0.05, 0.1) is 12.8 Å². The first-order valence-electron chi connectivity index (χ1n) is 5.69. The van der Waals surface area contributed by atoms with Gasteiger partial charge in [-0.1, -0.05) is 30.3 Å². The van der Waals surface area contributed by atoms with Gasteiger partial charge in [-0.2, -0.15) is 0 Å². The molecule has 1 heterocycles. The fourth-order valence-electron chi connectivity index (χ4n) is 1.85. The van der Waals surface area contributed by atoms with Gasteiger partial charge in [0, 0.05) is 6.54 Å². The molecule has 0 bridgehead atoms. The van der Waals surface area contributed by atoms with Gasteiger partial charge in [-0.05, 0) is 18.7 Å². The van der Waals surface area contributed by atoms with E-state index in [1.165, 1.54) is 17.9 Å². The minimum absolute atomic E-state index is 0.231. The molecule has 0 radical (unpaired) electrons. The Morgan fingerprint density at radius 2 is 1.94 bits per heavy atom. The smallest absolute Gasteiger partial charge is 0.339 e. The van der Waals surface area contributed by atoms with Gasteiger partial charge >= 0.3 is 5.97 Å². The number of carboxylic acid groups (broad SMARTS) is 1. The Bertz CT molecular complexity index is 519. The molecule has 1 N–H and O–H groups in total. The van der Waals surface area contributed by atoms with Crippen LogP contribution in [0.3, 0.4) is 0 Å². The number of rotatable bonds is 5. The van der Waals surface area contributed by atoms with E-state index in [9.17, 15) is 4.79 Å². The van der Waals surface area contributed by atoms with Gasteiger partial charge in [0.1, 0.15) is 11.3 Å². The average Bonchev–Trinajstić information content (AvgIpc) is 2.78. The Morgan fingerprint density at radius 1 is 1.22 bits per heavy atom. The quantitative estimate of drug-likeness (QED) is 0.879. The van der Waals surface area contributed by atoms with Crippen molar-refractivity contribution in [2.75, 3.05) is 7.05 Å². The van der Waals surface area contributed by atoms with Crippen LogP contribution in [0.4, 0.5) is 0 Å². The maximum atomic E-state index is 10.9. The second-order valence-electron chi connectivity index (χ2n) is 4.22. The van der Waals surface area contributed by atoms with Crippen LogP contribution in [0.5, 0.6) is 0 Å². The Kier molecular flexibility index (Phi) is 3.79. The molecule has 2 aromatic rings. The summed E-state index contributed by atoms with van der Waals surface area (Å²) >= 11 is 0. The first kappa shape index (κ1) is 12.4. The highest BCUT2D eigenvalue weighted by Gasteiger charge is 2.14. The van der Waals surface area contributed by atoms with Crippen molar-refractivity contribution in [2.24, 2.45) is 0 Å². The van der Waals surface area contributed by atoms with Crippen LogP contribution in [0.15, 0.2) is 47.1 Å². The van der Waals surface area contributed by atoms with Crippen LogP contribution >= 0.6 is 0 Å². The SMILES string of the molecule is CN(Cc1ccccc1)Cc1occc1C(=O)O. The summed E-state index contributed by atoms with van der Waals surface area (Å²) in [6.45, 7) is 1.23. The fraction of sp³-hybridized carbons (Fsp3) is 0.214. The van der Waals surface area contributed by atoms with Crippen molar-refractivity contribution in [1.82, 2.24) is 4.90 Å². The summed E-state index contributed by atoms with van der Waals surface area (Å²) in [6, 6.07) is 11.5. The van der Waals surface area contributed by atoms with Crippen LogP contribution < -0.4 is 0 Å². The highest BCUT2D eigenvalue weighted by Crippen LogP contribution is 2.14. The van der Waals surface area contributed by atoms with E-state index in [1.54, 1.807) is 0 Å². The molecule has 1 aromatic heterocycles. The number of benzene rings is 1. The van der Waals surface area contributed by atoms with Crippen molar-refractivity contribution >= 4 is 5.97 Å². The minimum atomic E-state index is -0.952. The molecule has 2 rings (SSSR count). The predicted molar refractivity (Wildman–Crippen MR) is 67.3 cm³/mol. The Balaban J connectivity index is 2.01. The molecule has 4 nitrogen and oxygen atoms in total. The Morgan fingerprint density at radius 3 is 2.61 bits per heavy atom. The van der Waals surface area contributed by atoms with Crippen LogP contribution in [-0.2, 0) is 13.1 Å². The number of nitrogens with zero attached hydrogens (tertiary/aromatic N) is 1. The van der Waals surface area contributed by atoms with Gasteiger partial charge < -0.3 is 9.52 Å². The van der Waals surface area contributed by atoms with E-state index < -0.39 is 5.97 Å². The van der Waals surface area contributed by atoms with Crippen molar-refractivity contribution in [3.63, 3.8) is 0 Å². The maximum Gasteiger partial charge on any atom is 0.339 e. The van der Waals surface area contributed by atoms with Crippen molar-refractivity contribution in [1.29, 1.82) is 0 Å². The second-order valence-corrected chi connectivity index (χ2v) is 4.22. The van der Waals surface area contributed by atoms with Crippen LogP contribution in [0, 0.1) is 0 Å². The lowest BCUT2D eigenvalue weighted by atomic mass is 10.2. The van der Waals surface area contributed by atoms with E-state index in [0.717, 1.165) is 6.54 Å². The molecule has 1 aromatic carbocycles. The fourth-order valence-corrected chi connectivity index (χ4v) is 1.85. The van der Waals surface area contributed by atoms with Crippen LogP contribution in [0.25, 0.3) is 0 Å². The van der Waals surface area contributed by atoms with Crippen molar-refractivity contribution in [3.05, 3.63) is 59.5 Å². The van der Waals surface area contributed by atoms with Gasteiger partial charge in [0.25, 0.3) is 0 Å². The molecule has 0 aliphatic heterocycles. The van der Waals surface area contributed by atoms with Crippen molar-refractivity contribution < 1.29 is 14.3 Å². The average molecular weight is 245 g/mol. The molecule has 0 saturated heterocycles. The lowest BCUT2D eigenvalue weighted by Gasteiger charge is -2.15. The molecule has 0 aliphatic carbocycles. The number of carboxylic acids is 1. The number of hydrogen-bond acceptors (Lipinski definition) is 3. The third-order valence-corrected chi connectivity index (χ3v) is 2.68. The highest BCUT2D eigenvalue weighted by molar-refractivity contribution is 5.88. The van der Waals surface area contributed by atoms with E-state index >= 15 is 0 Å². The molecule has 0 fully saturated rings. The molecule has 0 amide bonds. The summed E-state index contributed by atoms with van der Waals surface area (Å²) in [6.07, 6.45) is 1.41. The normalized spacial score (nSPS) is 10.8. The summed E-state index contributed by atoms with van der Waals surface area (Å²) in [4.78, 5) is 13.0. The topological polar surface area (TPSA) is 53.7 Å². The van der Waals surface area contributed by atoms with Crippen LogP contribution in [0.2, 0.25) is 0 Å². The van der Waals surface area contributed by atoms with Gasteiger partial charge in [-0.3, -0.25) is 4.90 Å². The maximum absolute atomic E-state index is 10.9. The largest absolute Gasteiger partial charge is 0.478 e. The standard InChI is InChI=1S/C14H15NO3/c1-15(9-11-5-3-2-4-6-11)10-13-12(14(16)17)7-8-18-13/h2-8H,9-10H2,1H3,(H,16,17). The molecule has 0 atom stereocenters. The molecule has 18 heavy (non-hydrogen) atoms. The van der Waals surface area contributed by atoms with Gasteiger partial charge in [0.2, 0.25) is 0 Å². The molecule has 0 spiro atoms. The van der Waals surface area contributed by atoms with Crippen LogP contribution in [0.1, 0.15) is 21.7 Å². The summed E-state index contributed by atoms with van der Waals surface area (Å²) in [5.41, 5.74) is 1.42. The van der Waals surface area contributed by atoms with Crippen LogP contribution in [-0.4, -0.2) is 23.0 Å². The molecular formula is C14H15NO3. The van der Waals surface area contributed by atoms with Gasteiger partial charge in [-0.15, -0.1) is 0 Å². The molecular weight excluding hydrogens is 230 g/mol. The summed E-state index contributed by atoms with van der Waals surface area (Å²) in [5, 5.41) is 8.98. The molecule has 94 valence electrons. The monoisotopic (exact) mass is 245 g/mol. The lowest BCUT2D eigenvalue weighted by Crippen LogP contribution is -2.18. The Labute approximate surface area is 105 Å². The third kappa shape index (κ3) is 2.99.